The first kappa shape index (κ1) is 76.1. The molecule has 1 unspecified atom stereocenters. The Labute approximate surface area is 491 Å². The van der Waals surface area contributed by atoms with E-state index in [2.05, 4.69) is 81.5 Å². The molecule has 0 heterocycles. The average Bonchev–Trinajstić information content (AvgIpc) is 3.45. The lowest BCUT2D eigenvalue weighted by Crippen LogP contribution is -2.30. The number of rotatable bonds is 64. The highest BCUT2D eigenvalue weighted by Gasteiger charge is 2.19. The van der Waals surface area contributed by atoms with Gasteiger partial charge in [-0.3, -0.25) is 14.4 Å². The summed E-state index contributed by atoms with van der Waals surface area (Å²) < 4.78 is 17.0. The Balaban J connectivity index is 4.25. The predicted octanol–water partition coefficient (Wildman–Crippen LogP) is 23.9. The molecule has 0 aromatic carbocycles. The number of carbonyl (C=O) groups excluding carboxylic acids is 3. The van der Waals surface area contributed by atoms with Crippen LogP contribution in [-0.2, 0) is 28.6 Å². The number of hydrogen-bond acceptors (Lipinski definition) is 6. The number of carbonyl (C=O) groups is 3. The summed E-state index contributed by atoms with van der Waals surface area (Å²) >= 11 is 0. The van der Waals surface area contributed by atoms with Crippen molar-refractivity contribution in [3.05, 3.63) is 60.8 Å². The second-order valence-corrected chi connectivity index (χ2v) is 23.4. The Bertz CT molecular complexity index is 1410. The molecule has 79 heavy (non-hydrogen) atoms. The molecular weight excluding hydrogens is 973 g/mol. The fourth-order valence-corrected chi connectivity index (χ4v) is 10.2. The van der Waals surface area contributed by atoms with E-state index in [-0.39, 0.29) is 31.1 Å². The minimum absolute atomic E-state index is 0.0778. The molecular formula is C73H132O6. The molecule has 6 nitrogen and oxygen atoms in total. The summed E-state index contributed by atoms with van der Waals surface area (Å²) in [6, 6.07) is 0. The molecule has 0 aliphatic carbocycles. The number of unbranched alkanes of at least 4 members (excludes halogenated alkanes) is 43. The van der Waals surface area contributed by atoms with E-state index < -0.39 is 6.10 Å². The van der Waals surface area contributed by atoms with Crippen molar-refractivity contribution >= 4 is 17.9 Å². The van der Waals surface area contributed by atoms with Crippen molar-refractivity contribution in [2.75, 3.05) is 13.2 Å². The van der Waals surface area contributed by atoms with Crippen LogP contribution in [0.1, 0.15) is 367 Å². The molecule has 0 spiro atoms. The second kappa shape index (κ2) is 67.6. The minimum Gasteiger partial charge on any atom is -0.462 e. The standard InChI is InChI=1S/C73H132O6/c1-4-7-10-13-16-19-22-25-27-29-31-33-34-35-36-37-38-40-41-43-45-48-51-54-57-60-63-66-72(75)78-69-70(68-77-71(74)65-62-59-56-53-50-47-24-21-18-15-12-9-6-3)79-73(76)67-64-61-58-55-52-49-46-44-42-39-32-30-28-26-23-20-17-14-11-8-5-2/h12,15,21,23-24,26,29-32,70H,4-11,13-14,16-20,22,25,27-28,33-69H2,1-3H3/b15-12-,24-21-,26-23-,31-29-,32-30-. The first-order valence-corrected chi connectivity index (χ1v) is 34.8. The number of esters is 3. The van der Waals surface area contributed by atoms with Crippen LogP contribution in [0.15, 0.2) is 60.8 Å². The van der Waals surface area contributed by atoms with Gasteiger partial charge in [0.05, 0.1) is 0 Å². The number of hydrogen-bond donors (Lipinski definition) is 0. The summed E-state index contributed by atoms with van der Waals surface area (Å²) in [4.78, 5) is 38.4. The summed E-state index contributed by atoms with van der Waals surface area (Å²) in [5.41, 5.74) is 0. The van der Waals surface area contributed by atoms with Gasteiger partial charge in [-0.25, -0.2) is 0 Å². The summed E-state index contributed by atoms with van der Waals surface area (Å²) in [5, 5.41) is 0. The van der Waals surface area contributed by atoms with Crippen molar-refractivity contribution in [3.8, 4) is 0 Å². The van der Waals surface area contributed by atoms with Gasteiger partial charge in [0.2, 0.25) is 0 Å². The fourth-order valence-electron chi connectivity index (χ4n) is 10.2. The molecule has 6 heteroatoms. The molecule has 0 saturated carbocycles. The third-order valence-corrected chi connectivity index (χ3v) is 15.4. The van der Waals surface area contributed by atoms with Crippen molar-refractivity contribution in [3.63, 3.8) is 0 Å². The lowest BCUT2D eigenvalue weighted by molar-refractivity contribution is -0.167. The van der Waals surface area contributed by atoms with Gasteiger partial charge >= 0.3 is 17.9 Å². The maximum absolute atomic E-state index is 12.9. The van der Waals surface area contributed by atoms with E-state index in [1.165, 1.54) is 238 Å². The van der Waals surface area contributed by atoms with Gasteiger partial charge in [0.25, 0.3) is 0 Å². The van der Waals surface area contributed by atoms with Crippen molar-refractivity contribution in [1.82, 2.24) is 0 Å². The van der Waals surface area contributed by atoms with Crippen LogP contribution in [-0.4, -0.2) is 37.2 Å². The zero-order chi connectivity index (χ0) is 57.1. The zero-order valence-electron chi connectivity index (χ0n) is 52.9. The van der Waals surface area contributed by atoms with E-state index >= 15 is 0 Å². The quantitative estimate of drug-likeness (QED) is 0.0261. The minimum atomic E-state index is -0.783. The number of allylic oxidation sites excluding steroid dienone is 10. The second-order valence-electron chi connectivity index (χ2n) is 23.4. The first-order valence-electron chi connectivity index (χ1n) is 34.8. The van der Waals surface area contributed by atoms with Gasteiger partial charge in [-0.1, -0.05) is 306 Å². The Morgan fingerprint density at radius 3 is 0.759 bits per heavy atom. The van der Waals surface area contributed by atoms with E-state index in [0.29, 0.717) is 19.3 Å². The van der Waals surface area contributed by atoms with E-state index in [0.717, 1.165) is 89.9 Å². The maximum atomic E-state index is 12.9. The van der Waals surface area contributed by atoms with Gasteiger partial charge in [-0.05, 0) is 103 Å². The maximum Gasteiger partial charge on any atom is 0.306 e. The van der Waals surface area contributed by atoms with Crippen molar-refractivity contribution in [2.24, 2.45) is 0 Å². The number of ether oxygens (including phenoxy) is 3. The van der Waals surface area contributed by atoms with Crippen LogP contribution in [0.2, 0.25) is 0 Å². The van der Waals surface area contributed by atoms with Gasteiger partial charge in [0.15, 0.2) is 6.10 Å². The molecule has 0 amide bonds. The Hall–Kier alpha value is -2.89. The molecule has 0 bridgehead atoms. The van der Waals surface area contributed by atoms with Crippen molar-refractivity contribution in [2.45, 2.75) is 374 Å². The molecule has 0 fully saturated rings. The van der Waals surface area contributed by atoms with Crippen LogP contribution < -0.4 is 0 Å². The summed E-state index contributed by atoms with van der Waals surface area (Å²) in [5.74, 6) is -0.877. The van der Waals surface area contributed by atoms with E-state index in [1.54, 1.807) is 0 Å². The van der Waals surface area contributed by atoms with Gasteiger partial charge in [0.1, 0.15) is 13.2 Å². The molecule has 0 aromatic heterocycles. The first-order chi connectivity index (χ1) is 39.0. The molecule has 0 radical (unpaired) electrons. The van der Waals surface area contributed by atoms with Crippen LogP contribution >= 0.6 is 0 Å². The monoisotopic (exact) mass is 1110 g/mol. The van der Waals surface area contributed by atoms with Crippen LogP contribution in [0, 0.1) is 0 Å². The molecule has 0 rings (SSSR count). The largest absolute Gasteiger partial charge is 0.462 e. The Morgan fingerprint density at radius 2 is 0.481 bits per heavy atom. The van der Waals surface area contributed by atoms with Gasteiger partial charge in [-0.15, -0.1) is 0 Å². The van der Waals surface area contributed by atoms with Crippen molar-refractivity contribution < 1.29 is 28.6 Å². The highest BCUT2D eigenvalue weighted by Crippen LogP contribution is 2.17. The van der Waals surface area contributed by atoms with Gasteiger partial charge in [0, 0.05) is 19.3 Å². The topological polar surface area (TPSA) is 78.9 Å². The van der Waals surface area contributed by atoms with Crippen LogP contribution in [0.5, 0.6) is 0 Å². The molecule has 0 aliphatic heterocycles. The molecule has 0 N–H and O–H groups in total. The highest BCUT2D eigenvalue weighted by molar-refractivity contribution is 5.71. The molecule has 0 saturated heterocycles. The lowest BCUT2D eigenvalue weighted by atomic mass is 10.0. The predicted molar refractivity (Wildman–Crippen MR) is 344 cm³/mol. The molecule has 0 aromatic rings. The SMILES string of the molecule is CCC/C=C\C/C=C\CCCCCCCC(=O)OCC(COC(=O)CCCCCCCCCCCCCCCCC/C=C\CCCCCCCCCC)OC(=O)CCCCCCCCCCC/C=C\C/C=C\CCCCCCC. The normalized spacial score (nSPS) is 12.4. The third kappa shape index (κ3) is 65.8. The van der Waals surface area contributed by atoms with Gasteiger partial charge < -0.3 is 14.2 Å². The van der Waals surface area contributed by atoms with Crippen LogP contribution in [0.3, 0.4) is 0 Å². The van der Waals surface area contributed by atoms with Crippen LogP contribution in [0.4, 0.5) is 0 Å². The summed E-state index contributed by atoms with van der Waals surface area (Å²) in [6.45, 7) is 6.60. The summed E-state index contributed by atoms with van der Waals surface area (Å²) in [6.07, 6.45) is 86.8. The van der Waals surface area contributed by atoms with E-state index in [1.807, 2.05) is 0 Å². The van der Waals surface area contributed by atoms with Crippen molar-refractivity contribution in [1.29, 1.82) is 0 Å². The summed E-state index contributed by atoms with van der Waals surface area (Å²) in [7, 11) is 0. The molecule has 460 valence electrons. The zero-order valence-corrected chi connectivity index (χ0v) is 52.9. The fraction of sp³-hybridized carbons (Fsp3) is 0.822. The third-order valence-electron chi connectivity index (χ3n) is 15.4. The molecule has 1 atom stereocenters. The van der Waals surface area contributed by atoms with Crippen LogP contribution in [0.25, 0.3) is 0 Å². The molecule has 0 aliphatic rings. The Morgan fingerprint density at radius 1 is 0.253 bits per heavy atom. The van der Waals surface area contributed by atoms with E-state index in [9.17, 15) is 14.4 Å². The smallest absolute Gasteiger partial charge is 0.306 e. The Kier molecular flexibility index (Phi) is 65.1. The highest BCUT2D eigenvalue weighted by atomic mass is 16.6. The van der Waals surface area contributed by atoms with E-state index in [4.69, 9.17) is 14.2 Å². The lowest BCUT2D eigenvalue weighted by Gasteiger charge is -2.18. The average molecular weight is 1110 g/mol. The van der Waals surface area contributed by atoms with Gasteiger partial charge in [-0.2, -0.15) is 0 Å².